The molecule has 112 valence electrons. The molecule has 20 heavy (non-hydrogen) atoms. The van der Waals surface area contributed by atoms with Gasteiger partial charge in [0, 0.05) is 19.8 Å². The largest absolute Gasteiger partial charge is 0.479 e. The highest BCUT2D eigenvalue weighted by Crippen LogP contribution is 2.13. The Labute approximate surface area is 115 Å². The lowest BCUT2D eigenvalue weighted by Crippen LogP contribution is -2.30. The summed E-state index contributed by atoms with van der Waals surface area (Å²) in [6, 6.07) is 1.11. The van der Waals surface area contributed by atoms with Crippen molar-refractivity contribution < 1.29 is 28.2 Å². The minimum Gasteiger partial charge on any atom is -0.479 e. The van der Waals surface area contributed by atoms with Crippen LogP contribution >= 0.6 is 0 Å². The number of aromatic nitrogens is 1. The van der Waals surface area contributed by atoms with Crippen molar-refractivity contribution in [1.82, 2.24) is 9.29 Å². The van der Waals surface area contributed by atoms with Gasteiger partial charge in [-0.2, -0.15) is 0 Å². The number of aliphatic hydroxyl groups is 1. The van der Waals surface area contributed by atoms with Crippen LogP contribution in [0.3, 0.4) is 0 Å². The highest BCUT2D eigenvalue weighted by Gasteiger charge is 2.20. The van der Waals surface area contributed by atoms with Crippen LogP contribution in [0.25, 0.3) is 0 Å². The minimum absolute atomic E-state index is 0.0240. The van der Waals surface area contributed by atoms with E-state index in [1.165, 1.54) is 17.8 Å². The Hall–Kier alpha value is -1.91. The summed E-state index contributed by atoms with van der Waals surface area (Å²) in [6.07, 6.45) is -0.713. The molecule has 0 saturated heterocycles. The molecule has 9 nitrogen and oxygen atoms in total. The molecule has 0 spiro atoms. The smallest absolute Gasteiger partial charge is 0.332 e. The molecule has 5 N–H and O–H groups in total. The average Bonchev–Trinajstić information content (AvgIpc) is 2.71. The number of rotatable bonds is 7. The summed E-state index contributed by atoms with van der Waals surface area (Å²) in [5.74, 6) is -2.20. The van der Waals surface area contributed by atoms with Crippen LogP contribution in [0.15, 0.2) is 17.2 Å². The van der Waals surface area contributed by atoms with Crippen molar-refractivity contribution in [3.05, 3.63) is 18.0 Å². The highest BCUT2D eigenvalue weighted by molar-refractivity contribution is 7.89. The maximum absolute atomic E-state index is 11.9. The lowest BCUT2D eigenvalue weighted by molar-refractivity contribution is -0.146. The van der Waals surface area contributed by atoms with Crippen LogP contribution < -0.4 is 10.5 Å². The summed E-state index contributed by atoms with van der Waals surface area (Å²) in [6.45, 7) is -0.253. The van der Waals surface area contributed by atoms with E-state index < -0.39 is 28.0 Å². The first-order valence-corrected chi connectivity index (χ1v) is 7.00. The molecule has 0 unspecified atom stereocenters. The van der Waals surface area contributed by atoms with Crippen molar-refractivity contribution in [3.63, 3.8) is 0 Å². The Morgan fingerprint density at radius 1 is 1.50 bits per heavy atom. The van der Waals surface area contributed by atoms with Crippen molar-refractivity contribution in [2.75, 3.05) is 6.54 Å². The van der Waals surface area contributed by atoms with Gasteiger partial charge in [-0.1, -0.05) is 0 Å². The van der Waals surface area contributed by atoms with Crippen molar-refractivity contribution in [1.29, 1.82) is 0 Å². The van der Waals surface area contributed by atoms with Crippen molar-refractivity contribution in [3.8, 4) is 0 Å². The van der Waals surface area contributed by atoms with Crippen LogP contribution in [0.5, 0.6) is 0 Å². The Bertz CT molecular complexity index is 621. The van der Waals surface area contributed by atoms with E-state index in [1.807, 2.05) is 0 Å². The van der Waals surface area contributed by atoms with Crippen LogP contribution in [0.2, 0.25) is 0 Å². The lowest BCUT2D eigenvalue weighted by atomic mass is 10.3. The van der Waals surface area contributed by atoms with Crippen LogP contribution in [0, 0.1) is 0 Å². The Kier molecular flexibility index (Phi) is 4.87. The topological polar surface area (TPSA) is 152 Å². The zero-order valence-electron chi connectivity index (χ0n) is 10.6. The molecule has 0 radical (unpaired) electrons. The number of carbonyl (C=O) groups is 2. The minimum atomic E-state index is -3.90. The van der Waals surface area contributed by atoms with Crippen molar-refractivity contribution in [2.24, 2.45) is 12.8 Å². The van der Waals surface area contributed by atoms with E-state index in [0.717, 1.165) is 6.07 Å². The van der Waals surface area contributed by atoms with Crippen molar-refractivity contribution in [2.45, 2.75) is 17.4 Å². The molecule has 10 heteroatoms. The van der Waals surface area contributed by atoms with Gasteiger partial charge in [-0.25, -0.2) is 17.9 Å². The summed E-state index contributed by atoms with van der Waals surface area (Å²) in [5.41, 5.74) is 5.10. The molecule has 0 saturated carbocycles. The molecule has 0 aromatic carbocycles. The summed E-state index contributed by atoms with van der Waals surface area (Å²) in [7, 11) is -2.43. The molecule has 1 amide bonds. The van der Waals surface area contributed by atoms with Crippen LogP contribution in [-0.4, -0.2) is 47.7 Å². The second-order valence-corrected chi connectivity index (χ2v) is 5.84. The fourth-order valence-corrected chi connectivity index (χ4v) is 2.58. The van der Waals surface area contributed by atoms with Gasteiger partial charge < -0.3 is 20.5 Å². The third-order valence-corrected chi connectivity index (χ3v) is 3.97. The van der Waals surface area contributed by atoms with Gasteiger partial charge in [0.05, 0.1) is 0 Å². The molecule has 1 heterocycles. The summed E-state index contributed by atoms with van der Waals surface area (Å²) < 4.78 is 27.1. The van der Waals surface area contributed by atoms with E-state index in [0.29, 0.717) is 0 Å². The number of carboxylic acid groups (broad SMARTS) is 1. The first kappa shape index (κ1) is 16.1. The number of sulfonamides is 1. The van der Waals surface area contributed by atoms with Gasteiger partial charge in [0.1, 0.15) is 10.6 Å². The first-order valence-electron chi connectivity index (χ1n) is 5.52. The number of aliphatic hydroxyl groups excluding tert-OH is 1. The van der Waals surface area contributed by atoms with Crippen LogP contribution in [-0.2, 0) is 21.9 Å². The maximum Gasteiger partial charge on any atom is 0.332 e. The number of nitrogens with one attached hydrogen (secondary N) is 1. The Morgan fingerprint density at radius 3 is 2.55 bits per heavy atom. The molecule has 0 bridgehead atoms. The second-order valence-electron chi connectivity index (χ2n) is 4.08. The fourth-order valence-electron chi connectivity index (χ4n) is 1.46. The average molecular weight is 305 g/mol. The number of carboxylic acids is 1. The van der Waals surface area contributed by atoms with E-state index >= 15 is 0 Å². The van der Waals surface area contributed by atoms with Gasteiger partial charge in [-0.3, -0.25) is 4.79 Å². The third-order valence-electron chi connectivity index (χ3n) is 2.54. The van der Waals surface area contributed by atoms with E-state index in [9.17, 15) is 18.0 Å². The van der Waals surface area contributed by atoms with E-state index in [4.69, 9.17) is 15.9 Å². The van der Waals surface area contributed by atoms with Gasteiger partial charge in [-0.05, 0) is 12.5 Å². The van der Waals surface area contributed by atoms with Crippen molar-refractivity contribution >= 4 is 21.9 Å². The van der Waals surface area contributed by atoms with Crippen LogP contribution in [0.1, 0.15) is 16.9 Å². The number of hydrogen-bond acceptors (Lipinski definition) is 5. The van der Waals surface area contributed by atoms with Gasteiger partial charge in [0.2, 0.25) is 10.0 Å². The molecule has 1 rings (SSSR count). The van der Waals surface area contributed by atoms with Gasteiger partial charge in [0.15, 0.2) is 6.10 Å². The predicted octanol–water partition coefficient (Wildman–Crippen LogP) is -1.76. The zero-order valence-corrected chi connectivity index (χ0v) is 11.4. The normalized spacial score (nSPS) is 13.1. The molecule has 0 fully saturated rings. The lowest BCUT2D eigenvalue weighted by Gasteiger charge is -2.06. The first-order chi connectivity index (χ1) is 9.15. The monoisotopic (exact) mass is 305 g/mol. The standard InChI is InChI=1S/C10H15N3O6S/c1-13-5-6(4-7(13)9(11)15)20(18,19)12-3-2-8(14)10(16)17/h4-5,8,12,14H,2-3H2,1H3,(H2,11,15)(H,16,17)/t8-/m0/s1. The number of amides is 1. The van der Waals surface area contributed by atoms with Gasteiger partial charge in [0.25, 0.3) is 5.91 Å². The SMILES string of the molecule is Cn1cc(S(=O)(=O)NCC[C@H](O)C(=O)O)cc1C(N)=O. The number of aliphatic carboxylic acids is 1. The number of primary amides is 1. The Morgan fingerprint density at radius 2 is 2.10 bits per heavy atom. The summed E-state index contributed by atoms with van der Waals surface area (Å²) in [4.78, 5) is 21.2. The Balaban J connectivity index is 2.77. The number of hydrogen-bond donors (Lipinski definition) is 4. The molecule has 1 atom stereocenters. The highest BCUT2D eigenvalue weighted by atomic mass is 32.2. The van der Waals surface area contributed by atoms with Gasteiger partial charge >= 0.3 is 5.97 Å². The number of nitrogens with zero attached hydrogens (tertiary/aromatic N) is 1. The number of nitrogens with two attached hydrogens (primary N) is 1. The number of carbonyl (C=O) groups excluding carboxylic acids is 1. The molecule has 0 aliphatic carbocycles. The second kappa shape index (κ2) is 6.03. The molecule has 1 aromatic rings. The molecule has 1 aromatic heterocycles. The zero-order chi connectivity index (χ0) is 15.5. The fraction of sp³-hybridized carbons (Fsp3) is 0.400. The molecular formula is C10H15N3O6S. The third kappa shape index (κ3) is 3.79. The van der Waals surface area contributed by atoms with Gasteiger partial charge in [-0.15, -0.1) is 0 Å². The maximum atomic E-state index is 11.9. The van der Waals surface area contributed by atoms with Crippen LogP contribution in [0.4, 0.5) is 0 Å². The van der Waals surface area contributed by atoms with E-state index in [1.54, 1.807) is 0 Å². The molecular weight excluding hydrogens is 290 g/mol. The summed E-state index contributed by atoms with van der Waals surface area (Å²) in [5, 5.41) is 17.5. The van der Waals surface area contributed by atoms with E-state index in [-0.39, 0.29) is 23.6 Å². The van der Waals surface area contributed by atoms with E-state index in [2.05, 4.69) is 4.72 Å². The quantitative estimate of drug-likeness (QED) is 0.468. The predicted molar refractivity (Wildman–Crippen MR) is 67.4 cm³/mol. The summed E-state index contributed by atoms with van der Waals surface area (Å²) >= 11 is 0. The molecule has 0 aliphatic heterocycles. The molecule has 0 aliphatic rings. The number of aryl methyl sites for hydroxylation is 1.